The number of aliphatic carboxylic acids is 1. The zero-order valence-corrected chi connectivity index (χ0v) is 19.5. The maximum Gasteiger partial charge on any atom is 0.407 e. The monoisotopic (exact) mass is 464 g/mol. The number of ether oxygens (including phenoxy) is 1. The van der Waals surface area contributed by atoms with Crippen molar-refractivity contribution in [1.29, 1.82) is 0 Å². The highest BCUT2D eigenvalue weighted by Crippen LogP contribution is 2.44. The average Bonchev–Trinajstić information content (AvgIpc) is 3.44. The van der Waals surface area contributed by atoms with E-state index >= 15 is 0 Å². The van der Waals surface area contributed by atoms with Crippen molar-refractivity contribution in [2.45, 2.75) is 51.0 Å². The second kappa shape index (κ2) is 10.7. The number of hydrogen-bond donors (Lipinski definition) is 2. The van der Waals surface area contributed by atoms with Crippen molar-refractivity contribution >= 4 is 18.0 Å². The number of carbonyl (C=O) groups excluding carboxylic acids is 2. The van der Waals surface area contributed by atoms with Crippen LogP contribution in [0, 0.1) is 5.92 Å². The van der Waals surface area contributed by atoms with Crippen molar-refractivity contribution in [3.05, 3.63) is 59.7 Å². The molecule has 1 aliphatic carbocycles. The Morgan fingerprint density at radius 3 is 2.35 bits per heavy atom. The van der Waals surface area contributed by atoms with E-state index in [0.29, 0.717) is 25.9 Å². The van der Waals surface area contributed by atoms with Crippen molar-refractivity contribution in [2.24, 2.45) is 5.92 Å². The molecule has 2 aromatic carbocycles. The van der Waals surface area contributed by atoms with Gasteiger partial charge < -0.3 is 20.1 Å². The molecule has 4 rings (SSSR count). The summed E-state index contributed by atoms with van der Waals surface area (Å²) in [4.78, 5) is 37.9. The summed E-state index contributed by atoms with van der Waals surface area (Å²) in [7, 11) is 0. The molecule has 0 aromatic heterocycles. The van der Waals surface area contributed by atoms with E-state index in [1.807, 2.05) is 31.2 Å². The third-order valence-corrected chi connectivity index (χ3v) is 6.98. The van der Waals surface area contributed by atoms with Gasteiger partial charge in [0.25, 0.3) is 0 Å². The lowest BCUT2D eigenvalue weighted by molar-refractivity contribution is -0.137. The number of carboxylic acids is 1. The summed E-state index contributed by atoms with van der Waals surface area (Å²) in [6, 6.07) is 16.1. The molecule has 2 aliphatic rings. The molecule has 0 spiro atoms. The SMILES string of the molecule is CCC(CC(=O)N1CCC(CCC(=O)O)C1)NC(=O)OCC1c2ccccc2-c2ccccc21. The Hall–Kier alpha value is -3.35. The first-order valence-electron chi connectivity index (χ1n) is 12.1. The molecular weight excluding hydrogens is 432 g/mol. The number of likely N-dealkylation sites (tertiary alicyclic amines) is 1. The zero-order valence-electron chi connectivity index (χ0n) is 19.5. The van der Waals surface area contributed by atoms with Crippen LogP contribution in [0.4, 0.5) is 4.79 Å². The molecule has 2 N–H and O–H groups in total. The number of amides is 2. The van der Waals surface area contributed by atoms with Gasteiger partial charge in [0.1, 0.15) is 6.61 Å². The Bertz CT molecular complexity index is 1010. The maximum absolute atomic E-state index is 12.7. The van der Waals surface area contributed by atoms with Crippen LogP contribution in [0.5, 0.6) is 0 Å². The second-order valence-corrected chi connectivity index (χ2v) is 9.21. The minimum Gasteiger partial charge on any atom is -0.481 e. The zero-order chi connectivity index (χ0) is 24.1. The predicted octanol–water partition coefficient (Wildman–Crippen LogP) is 4.41. The molecule has 0 bridgehead atoms. The fourth-order valence-electron chi connectivity index (χ4n) is 5.07. The number of hydrogen-bond acceptors (Lipinski definition) is 4. The second-order valence-electron chi connectivity index (χ2n) is 9.21. The van der Waals surface area contributed by atoms with E-state index in [9.17, 15) is 14.4 Å². The van der Waals surface area contributed by atoms with Gasteiger partial charge in [0.2, 0.25) is 5.91 Å². The summed E-state index contributed by atoms with van der Waals surface area (Å²) in [6.07, 6.45) is 1.87. The summed E-state index contributed by atoms with van der Waals surface area (Å²) in [5.41, 5.74) is 4.67. The standard InChI is InChI=1S/C27H32N2O5/c1-2-19(15-25(30)29-14-13-18(16-29)11-12-26(31)32)28-27(33)34-17-24-22-9-5-3-7-20(22)21-8-4-6-10-23(21)24/h3-10,18-19,24H,2,11-17H2,1H3,(H,28,33)(H,31,32). The van der Waals surface area contributed by atoms with Crippen LogP contribution in [0.25, 0.3) is 11.1 Å². The van der Waals surface area contributed by atoms with Gasteiger partial charge in [-0.3, -0.25) is 9.59 Å². The van der Waals surface area contributed by atoms with E-state index in [-0.39, 0.29) is 43.2 Å². The Morgan fingerprint density at radius 1 is 1.09 bits per heavy atom. The van der Waals surface area contributed by atoms with Crippen molar-refractivity contribution in [1.82, 2.24) is 10.2 Å². The lowest BCUT2D eigenvalue weighted by atomic mass is 9.98. The lowest BCUT2D eigenvalue weighted by Gasteiger charge is -2.22. The van der Waals surface area contributed by atoms with E-state index in [1.165, 1.54) is 11.1 Å². The summed E-state index contributed by atoms with van der Waals surface area (Å²) in [5, 5.41) is 11.7. The van der Waals surface area contributed by atoms with Gasteiger partial charge in [-0.05, 0) is 47.4 Å². The van der Waals surface area contributed by atoms with Gasteiger partial charge in [-0.1, -0.05) is 55.5 Å². The lowest BCUT2D eigenvalue weighted by Crippen LogP contribution is -2.40. The minimum atomic E-state index is -0.803. The van der Waals surface area contributed by atoms with E-state index in [0.717, 1.165) is 17.5 Å². The van der Waals surface area contributed by atoms with Crippen LogP contribution in [0.3, 0.4) is 0 Å². The van der Waals surface area contributed by atoms with Crippen molar-refractivity contribution in [3.63, 3.8) is 0 Å². The van der Waals surface area contributed by atoms with Crippen molar-refractivity contribution < 1.29 is 24.2 Å². The number of carbonyl (C=O) groups is 3. The maximum atomic E-state index is 12.7. The van der Waals surface area contributed by atoms with Crippen LogP contribution in [0.15, 0.2) is 48.5 Å². The van der Waals surface area contributed by atoms with Crippen LogP contribution in [0.2, 0.25) is 0 Å². The Labute approximate surface area is 200 Å². The summed E-state index contributed by atoms with van der Waals surface area (Å²) in [5.74, 6) is -0.589. The number of benzene rings is 2. The number of fused-ring (bicyclic) bond motifs is 3. The fraction of sp³-hybridized carbons (Fsp3) is 0.444. The molecule has 1 heterocycles. The molecule has 1 aliphatic heterocycles. The third kappa shape index (κ3) is 5.41. The Morgan fingerprint density at radius 2 is 1.74 bits per heavy atom. The molecule has 0 radical (unpaired) electrons. The van der Waals surface area contributed by atoms with Crippen LogP contribution in [0.1, 0.15) is 56.1 Å². The molecule has 0 saturated carbocycles. The molecule has 7 nitrogen and oxygen atoms in total. The van der Waals surface area contributed by atoms with Gasteiger partial charge in [-0.2, -0.15) is 0 Å². The summed E-state index contributed by atoms with van der Waals surface area (Å²) >= 11 is 0. The van der Waals surface area contributed by atoms with Crippen LogP contribution >= 0.6 is 0 Å². The third-order valence-electron chi connectivity index (χ3n) is 6.98. The van der Waals surface area contributed by atoms with E-state index in [1.54, 1.807) is 4.90 Å². The number of carboxylic acid groups (broad SMARTS) is 1. The number of nitrogens with one attached hydrogen (secondary N) is 1. The largest absolute Gasteiger partial charge is 0.481 e. The van der Waals surface area contributed by atoms with Crippen LogP contribution < -0.4 is 5.32 Å². The van der Waals surface area contributed by atoms with Crippen LogP contribution in [-0.4, -0.2) is 53.7 Å². The van der Waals surface area contributed by atoms with Gasteiger partial charge in [-0.15, -0.1) is 0 Å². The Balaban J connectivity index is 1.28. The quantitative estimate of drug-likeness (QED) is 0.573. The molecule has 7 heteroatoms. The Kier molecular flexibility index (Phi) is 7.50. The highest BCUT2D eigenvalue weighted by Gasteiger charge is 2.30. The first kappa shape index (κ1) is 23.8. The molecule has 180 valence electrons. The average molecular weight is 465 g/mol. The molecule has 1 fully saturated rings. The van der Waals surface area contributed by atoms with Gasteiger partial charge in [0.15, 0.2) is 0 Å². The first-order chi connectivity index (χ1) is 16.5. The fourth-order valence-corrected chi connectivity index (χ4v) is 5.07. The minimum absolute atomic E-state index is 0.00723. The van der Waals surface area contributed by atoms with E-state index in [4.69, 9.17) is 9.84 Å². The van der Waals surface area contributed by atoms with Crippen LogP contribution in [-0.2, 0) is 14.3 Å². The highest BCUT2D eigenvalue weighted by molar-refractivity contribution is 5.80. The van der Waals surface area contributed by atoms with Gasteiger partial charge >= 0.3 is 12.1 Å². The van der Waals surface area contributed by atoms with Crippen molar-refractivity contribution in [2.75, 3.05) is 19.7 Å². The van der Waals surface area contributed by atoms with Gasteiger partial charge in [0.05, 0.1) is 0 Å². The molecule has 2 aromatic rings. The molecule has 1 saturated heterocycles. The molecule has 2 unspecified atom stereocenters. The van der Waals surface area contributed by atoms with E-state index in [2.05, 4.69) is 29.6 Å². The highest BCUT2D eigenvalue weighted by atomic mass is 16.5. The predicted molar refractivity (Wildman–Crippen MR) is 128 cm³/mol. The van der Waals surface area contributed by atoms with Gasteiger partial charge in [0, 0.05) is 37.9 Å². The van der Waals surface area contributed by atoms with Crippen molar-refractivity contribution in [3.8, 4) is 11.1 Å². The molecule has 34 heavy (non-hydrogen) atoms. The molecule has 2 amide bonds. The summed E-state index contributed by atoms with van der Waals surface area (Å²) in [6.45, 7) is 3.40. The number of alkyl carbamates (subject to hydrolysis) is 1. The normalized spacial score (nSPS) is 17.7. The molecular formula is C27H32N2O5. The molecule has 2 atom stereocenters. The topological polar surface area (TPSA) is 95.9 Å². The number of rotatable bonds is 9. The first-order valence-corrected chi connectivity index (χ1v) is 12.1. The smallest absolute Gasteiger partial charge is 0.407 e. The van der Waals surface area contributed by atoms with E-state index < -0.39 is 12.1 Å². The number of nitrogens with zero attached hydrogens (tertiary/aromatic N) is 1. The summed E-state index contributed by atoms with van der Waals surface area (Å²) < 4.78 is 5.62. The van der Waals surface area contributed by atoms with Gasteiger partial charge in [-0.25, -0.2) is 4.79 Å².